The van der Waals surface area contributed by atoms with Gasteiger partial charge in [0.15, 0.2) is 0 Å². The Labute approximate surface area is 126 Å². The summed E-state index contributed by atoms with van der Waals surface area (Å²) in [4.78, 5) is 0. The van der Waals surface area contributed by atoms with Crippen LogP contribution in [0.15, 0.2) is 0 Å². The van der Waals surface area contributed by atoms with Crippen LogP contribution in [0.4, 0.5) is 0 Å². The third-order valence-corrected chi connectivity index (χ3v) is 4.48. The van der Waals surface area contributed by atoms with Crippen molar-refractivity contribution in [3.8, 4) is 0 Å². The predicted octanol–water partition coefficient (Wildman–Crippen LogP) is 5.23. The van der Waals surface area contributed by atoms with Crippen LogP contribution in [0.2, 0.25) is 0 Å². The van der Waals surface area contributed by atoms with Gasteiger partial charge >= 0.3 is 0 Å². The molecule has 0 saturated carbocycles. The van der Waals surface area contributed by atoms with E-state index in [1.165, 1.54) is 70.6 Å². The number of aliphatic hydroxyl groups excluding tert-OH is 1. The molecule has 2 nitrogen and oxygen atoms in total. The molecule has 1 heterocycles. The van der Waals surface area contributed by atoms with E-state index in [1.54, 1.807) is 0 Å². The average molecular weight is 284 g/mol. The second-order valence-corrected chi connectivity index (χ2v) is 6.59. The topological polar surface area (TPSA) is 32.8 Å². The molecule has 1 rings (SSSR count). The van der Waals surface area contributed by atoms with Crippen molar-refractivity contribution in [2.45, 2.75) is 116 Å². The highest BCUT2D eigenvalue weighted by atomic mass is 16.6. The number of unbranched alkanes of at least 4 members (excludes halogenated alkanes) is 10. The van der Waals surface area contributed by atoms with E-state index in [-0.39, 0.29) is 6.10 Å². The first-order chi connectivity index (χ1) is 9.74. The van der Waals surface area contributed by atoms with E-state index >= 15 is 0 Å². The highest BCUT2D eigenvalue weighted by Crippen LogP contribution is 2.27. The maximum Gasteiger partial charge on any atom is 0.0863 e. The summed E-state index contributed by atoms with van der Waals surface area (Å²) >= 11 is 0. The van der Waals surface area contributed by atoms with Gasteiger partial charge in [0.05, 0.1) is 18.3 Å². The van der Waals surface area contributed by atoms with Crippen molar-refractivity contribution in [1.82, 2.24) is 0 Å². The molecule has 1 fully saturated rings. The molecule has 0 bridgehead atoms. The van der Waals surface area contributed by atoms with Crippen LogP contribution in [0.1, 0.15) is 97.3 Å². The first-order valence-electron chi connectivity index (χ1n) is 9.07. The van der Waals surface area contributed by atoms with Crippen molar-refractivity contribution in [1.29, 1.82) is 0 Å². The molecule has 0 aromatic heterocycles. The van der Waals surface area contributed by atoms with Crippen molar-refractivity contribution in [2.75, 3.05) is 0 Å². The monoisotopic (exact) mass is 284 g/mol. The molecule has 20 heavy (non-hydrogen) atoms. The van der Waals surface area contributed by atoms with Gasteiger partial charge in [0, 0.05) is 6.42 Å². The van der Waals surface area contributed by atoms with Crippen molar-refractivity contribution < 1.29 is 9.84 Å². The van der Waals surface area contributed by atoms with Gasteiger partial charge in [-0.3, -0.25) is 0 Å². The molecule has 0 aliphatic carbocycles. The quantitative estimate of drug-likeness (QED) is 0.350. The summed E-state index contributed by atoms with van der Waals surface area (Å²) < 4.78 is 5.33. The van der Waals surface area contributed by atoms with Crippen LogP contribution in [-0.2, 0) is 4.74 Å². The summed E-state index contributed by atoms with van der Waals surface area (Å²) in [5.41, 5.74) is 0. The Balaban J connectivity index is 1.72. The van der Waals surface area contributed by atoms with Crippen molar-refractivity contribution in [3.63, 3.8) is 0 Å². The molecule has 0 unspecified atom stereocenters. The van der Waals surface area contributed by atoms with Gasteiger partial charge in [-0.1, -0.05) is 77.6 Å². The van der Waals surface area contributed by atoms with Gasteiger partial charge in [-0.15, -0.1) is 0 Å². The second-order valence-electron chi connectivity index (χ2n) is 6.59. The number of aliphatic hydroxyl groups is 1. The van der Waals surface area contributed by atoms with Gasteiger partial charge < -0.3 is 9.84 Å². The van der Waals surface area contributed by atoms with Crippen LogP contribution in [0.5, 0.6) is 0 Å². The van der Waals surface area contributed by atoms with E-state index in [2.05, 4.69) is 13.8 Å². The summed E-state index contributed by atoms with van der Waals surface area (Å²) in [5, 5.41) is 9.84. The minimum atomic E-state index is -0.136. The highest BCUT2D eigenvalue weighted by Gasteiger charge is 2.35. The first kappa shape index (κ1) is 18.0. The van der Waals surface area contributed by atoms with Gasteiger partial charge in [0.25, 0.3) is 0 Å². The van der Waals surface area contributed by atoms with E-state index in [4.69, 9.17) is 4.74 Å². The smallest absolute Gasteiger partial charge is 0.0863 e. The number of epoxide rings is 1. The first-order valence-corrected chi connectivity index (χ1v) is 9.07. The standard InChI is InChI=1S/C18H36O2/c1-3-4-5-6-7-8-9-10-11-12-13-14-17(19)15-18-16(2)20-18/h16-19H,3-15H2,1-2H3/t16-,17+,18+/m1/s1. The maximum atomic E-state index is 9.84. The average Bonchev–Trinajstić information content (AvgIpc) is 3.11. The minimum Gasteiger partial charge on any atom is -0.393 e. The zero-order valence-electron chi connectivity index (χ0n) is 13.8. The zero-order chi connectivity index (χ0) is 14.6. The second kappa shape index (κ2) is 11.6. The molecule has 0 amide bonds. The van der Waals surface area contributed by atoms with E-state index in [9.17, 15) is 5.11 Å². The van der Waals surface area contributed by atoms with Crippen molar-refractivity contribution >= 4 is 0 Å². The van der Waals surface area contributed by atoms with E-state index in [0.717, 1.165) is 12.8 Å². The van der Waals surface area contributed by atoms with Crippen molar-refractivity contribution in [3.05, 3.63) is 0 Å². The third kappa shape index (κ3) is 9.77. The molecule has 1 N–H and O–H groups in total. The Kier molecular flexibility index (Phi) is 10.4. The highest BCUT2D eigenvalue weighted by molar-refractivity contribution is 4.82. The fourth-order valence-electron chi connectivity index (χ4n) is 2.91. The number of hydrogen-bond acceptors (Lipinski definition) is 2. The Morgan fingerprint density at radius 3 is 1.75 bits per heavy atom. The molecule has 1 aliphatic heterocycles. The zero-order valence-corrected chi connectivity index (χ0v) is 13.8. The van der Waals surface area contributed by atoms with Crippen LogP contribution in [0, 0.1) is 0 Å². The van der Waals surface area contributed by atoms with E-state index < -0.39 is 0 Å². The Morgan fingerprint density at radius 2 is 1.30 bits per heavy atom. The van der Waals surface area contributed by atoms with Crippen LogP contribution >= 0.6 is 0 Å². The SMILES string of the molecule is CCCCCCCCCCCCC[C@H](O)C[C@@H]1O[C@@H]1C. The van der Waals surface area contributed by atoms with Crippen LogP contribution in [0.25, 0.3) is 0 Å². The fourth-order valence-corrected chi connectivity index (χ4v) is 2.91. The summed E-state index contributed by atoms with van der Waals surface area (Å²) in [5.74, 6) is 0. The molecule has 2 heteroatoms. The lowest BCUT2D eigenvalue weighted by molar-refractivity contribution is 0.139. The molecule has 120 valence electrons. The molecule has 0 aromatic rings. The Hall–Kier alpha value is -0.0800. The summed E-state index contributed by atoms with van der Waals surface area (Å²) in [7, 11) is 0. The number of rotatable bonds is 14. The van der Waals surface area contributed by atoms with Gasteiger partial charge in [0.2, 0.25) is 0 Å². The lowest BCUT2D eigenvalue weighted by atomic mass is 10.0. The summed E-state index contributed by atoms with van der Waals surface area (Å²) in [6.45, 7) is 4.36. The molecule has 1 aliphatic rings. The molecule has 0 radical (unpaired) electrons. The van der Waals surface area contributed by atoms with Crippen LogP contribution < -0.4 is 0 Å². The lowest BCUT2D eigenvalue weighted by Gasteiger charge is -2.08. The van der Waals surface area contributed by atoms with Gasteiger partial charge in [-0.05, 0) is 13.3 Å². The maximum absolute atomic E-state index is 9.84. The molecule has 0 aromatic carbocycles. The van der Waals surface area contributed by atoms with E-state index in [0.29, 0.717) is 12.2 Å². The molecule has 1 saturated heterocycles. The minimum absolute atomic E-state index is 0.136. The Morgan fingerprint density at radius 1 is 0.850 bits per heavy atom. The fraction of sp³-hybridized carbons (Fsp3) is 1.00. The van der Waals surface area contributed by atoms with Crippen LogP contribution in [-0.4, -0.2) is 23.4 Å². The van der Waals surface area contributed by atoms with Gasteiger partial charge in [0.1, 0.15) is 0 Å². The van der Waals surface area contributed by atoms with Crippen molar-refractivity contribution in [2.24, 2.45) is 0 Å². The molecular weight excluding hydrogens is 248 g/mol. The third-order valence-electron chi connectivity index (χ3n) is 4.48. The van der Waals surface area contributed by atoms with Gasteiger partial charge in [-0.2, -0.15) is 0 Å². The summed E-state index contributed by atoms with van der Waals surface area (Å²) in [6.07, 6.45) is 17.5. The number of ether oxygens (including phenoxy) is 1. The molecular formula is C18H36O2. The van der Waals surface area contributed by atoms with E-state index in [1.807, 2.05) is 0 Å². The molecule has 3 atom stereocenters. The summed E-state index contributed by atoms with van der Waals surface area (Å²) in [6, 6.07) is 0. The predicted molar refractivity (Wildman–Crippen MR) is 86.0 cm³/mol. The normalized spacial score (nSPS) is 22.9. The van der Waals surface area contributed by atoms with Gasteiger partial charge in [-0.25, -0.2) is 0 Å². The van der Waals surface area contributed by atoms with Crippen LogP contribution in [0.3, 0.4) is 0 Å². The lowest BCUT2D eigenvalue weighted by Crippen LogP contribution is -2.10. The molecule has 0 spiro atoms. The largest absolute Gasteiger partial charge is 0.393 e. The Bertz CT molecular complexity index is 217. The number of hydrogen-bond donors (Lipinski definition) is 1.